The molecule has 0 saturated carbocycles. The second-order valence-corrected chi connectivity index (χ2v) is 7.71. The first-order valence-corrected chi connectivity index (χ1v) is 10.1. The molecule has 0 saturated heterocycles. The molecule has 0 aromatic heterocycles. The third-order valence-electron chi connectivity index (χ3n) is 4.06. The molecule has 1 heterocycles. The molecule has 8 heteroatoms. The third kappa shape index (κ3) is 7.55. The lowest BCUT2D eigenvalue weighted by Gasteiger charge is -2.19. The molecule has 2 aromatic carbocycles. The molecule has 154 valence electrons. The second kappa shape index (κ2) is 11.6. The van der Waals surface area contributed by atoms with Crippen LogP contribution < -0.4 is 5.32 Å². The number of carboxylic acid groups (broad SMARTS) is 2. The normalized spacial score (nSPS) is 14.9. The fourth-order valence-corrected chi connectivity index (χ4v) is 4.11. The SMILES string of the molecule is O=C(O)C=CC(=O)O.OCCCNC1Cc2cc(Cl)ccc2Sc2ccccc21. The minimum atomic E-state index is -1.26. The summed E-state index contributed by atoms with van der Waals surface area (Å²) < 4.78 is 0. The molecule has 1 atom stereocenters. The van der Waals surface area contributed by atoms with Crippen molar-refractivity contribution in [1.82, 2.24) is 5.32 Å². The Morgan fingerprint density at radius 1 is 1.10 bits per heavy atom. The van der Waals surface area contributed by atoms with Crippen LogP contribution in [0, 0.1) is 0 Å². The van der Waals surface area contributed by atoms with Crippen LogP contribution in [0.4, 0.5) is 0 Å². The van der Waals surface area contributed by atoms with Gasteiger partial charge in [0.1, 0.15) is 0 Å². The number of hydrogen-bond donors (Lipinski definition) is 4. The molecule has 1 aliphatic rings. The van der Waals surface area contributed by atoms with E-state index in [0.29, 0.717) is 12.2 Å². The number of fused-ring (bicyclic) bond motifs is 2. The Hall–Kier alpha value is -2.32. The lowest BCUT2D eigenvalue weighted by molar-refractivity contribution is -0.134. The third-order valence-corrected chi connectivity index (χ3v) is 5.50. The molecule has 0 fully saturated rings. The van der Waals surface area contributed by atoms with Crippen molar-refractivity contribution in [2.45, 2.75) is 28.7 Å². The molecule has 0 amide bonds. The van der Waals surface area contributed by atoms with Crippen molar-refractivity contribution >= 4 is 35.3 Å². The topological polar surface area (TPSA) is 107 Å². The highest BCUT2D eigenvalue weighted by Crippen LogP contribution is 2.41. The summed E-state index contributed by atoms with van der Waals surface area (Å²) in [6.45, 7) is 1.04. The Bertz CT molecular complexity index is 871. The summed E-state index contributed by atoms with van der Waals surface area (Å²) in [4.78, 5) is 21.7. The van der Waals surface area contributed by atoms with Gasteiger partial charge in [-0.3, -0.25) is 0 Å². The van der Waals surface area contributed by atoms with Gasteiger partial charge in [-0.15, -0.1) is 0 Å². The summed E-state index contributed by atoms with van der Waals surface area (Å²) in [7, 11) is 0. The van der Waals surface area contributed by atoms with Crippen molar-refractivity contribution in [1.29, 1.82) is 0 Å². The maximum absolute atomic E-state index is 9.55. The molecule has 1 unspecified atom stereocenters. The van der Waals surface area contributed by atoms with Gasteiger partial charge in [-0.05, 0) is 54.8 Å². The van der Waals surface area contributed by atoms with Gasteiger partial charge in [0.15, 0.2) is 0 Å². The largest absolute Gasteiger partial charge is 0.478 e. The van der Waals surface area contributed by atoms with Gasteiger partial charge in [-0.1, -0.05) is 41.6 Å². The fourth-order valence-electron chi connectivity index (χ4n) is 2.80. The molecule has 0 radical (unpaired) electrons. The van der Waals surface area contributed by atoms with E-state index in [2.05, 4.69) is 41.7 Å². The first-order chi connectivity index (χ1) is 13.9. The van der Waals surface area contributed by atoms with E-state index < -0.39 is 11.9 Å². The van der Waals surface area contributed by atoms with Crippen molar-refractivity contribution in [3.8, 4) is 0 Å². The number of aliphatic hydroxyl groups excluding tert-OH is 1. The fraction of sp³-hybridized carbons (Fsp3) is 0.238. The standard InChI is InChI=1S/C17H18ClNOS.C4H4O4/c18-13-6-7-16-12(10-13)11-15(19-8-3-9-20)14-4-1-2-5-17(14)21-16;5-3(6)1-2-4(7)8/h1-2,4-7,10,15,19-20H,3,8-9,11H2;1-2H,(H,5,6)(H,7,8). The summed E-state index contributed by atoms with van der Waals surface area (Å²) in [6.07, 6.45) is 2.81. The van der Waals surface area contributed by atoms with Crippen LogP contribution in [0.1, 0.15) is 23.6 Å². The number of carbonyl (C=O) groups is 2. The van der Waals surface area contributed by atoms with E-state index in [9.17, 15) is 9.59 Å². The Balaban J connectivity index is 0.000000321. The van der Waals surface area contributed by atoms with E-state index >= 15 is 0 Å². The Kier molecular flexibility index (Phi) is 9.21. The van der Waals surface area contributed by atoms with E-state index in [4.69, 9.17) is 26.9 Å². The van der Waals surface area contributed by atoms with Crippen molar-refractivity contribution in [2.75, 3.05) is 13.2 Å². The van der Waals surface area contributed by atoms with Crippen LogP contribution in [-0.4, -0.2) is 40.4 Å². The van der Waals surface area contributed by atoms with Crippen LogP contribution in [0.2, 0.25) is 5.02 Å². The quantitative estimate of drug-likeness (QED) is 0.404. The van der Waals surface area contributed by atoms with Crippen molar-refractivity contribution in [3.05, 3.63) is 70.8 Å². The Labute approximate surface area is 178 Å². The summed E-state index contributed by atoms with van der Waals surface area (Å²) in [5.74, 6) is -2.51. The van der Waals surface area contributed by atoms with Crippen LogP contribution in [0.5, 0.6) is 0 Å². The van der Waals surface area contributed by atoms with Gasteiger partial charge < -0.3 is 20.6 Å². The Morgan fingerprint density at radius 3 is 2.45 bits per heavy atom. The van der Waals surface area contributed by atoms with E-state index in [0.717, 1.165) is 24.4 Å². The number of aliphatic carboxylic acids is 2. The van der Waals surface area contributed by atoms with Gasteiger partial charge in [0.25, 0.3) is 0 Å². The van der Waals surface area contributed by atoms with Gasteiger partial charge in [-0.2, -0.15) is 0 Å². The number of nitrogens with one attached hydrogen (secondary N) is 1. The van der Waals surface area contributed by atoms with Crippen LogP contribution in [0.3, 0.4) is 0 Å². The van der Waals surface area contributed by atoms with Gasteiger partial charge in [0.2, 0.25) is 0 Å². The molecule has 0 aliphatic carbocycles. The molecule has 6 nitrogen and oxygen atoms in total. The molecular formula is C21H22ClNO5S. The van der Waals surface area contributed by atoms with E-state index in [-0.39, 0.29) is 12.6 Å². The monoisotopic (exact) mass is 435 g/mol. The number of rotatable bonds is 6. The lowest BCUT2D eigenvalue weighted by Crippen LogP contribution is -2.25. The molecule has 0 bridgehead atoms. The highest BCUT2D eigenvalue weighted by atomic mass is 35.5. The zero-order chi connectivity index (χ0) is 21.2. The molecule has 3 rings (SSSR count). The average Bonchev–Trinajstić information content (AvgIpc) is 2.83. The van der Waals surface area contributed by atoms with E-state index in [1.54, 1.807) is 11.8 Å². The van der Waals surface area contributed by atoms with Crippen molar-refractivity contribution in [2.24, 2.45) is 0 Å². The number of halogens is 1. The minimum absolute atomic E-state index is 0.221. The van der Waals surface area contributed by atoms with Crippen LogP contribution >= 0.6 is 23.4 Å². The highest BCUT2D eigenvalue weighted by Gasteiger charge is 2.22. The summed E-state index contributed by atoms with van der Waals surface area (Å²) >= 11 is 7.96. The van der Waals surface area contributed by atoms with E-state index in [1.807, 2.05) is 6.07 Å². The predicted octanol–water partition coefficient (Wildman–Crippen LogP) is 3.77. The summed E-state index contributed by atoms with van der Waals surface area (Å²) in [5, 5.41) is 29.0. The predicted molar refractivity (Wildman–Crippen MR) is 113 cm³/mol. The van der Waals surface area contributed by atoms with Gasteiger partial charge in [-0.25, -0.2) is 9.59 Å². The molecule has 2 aromatic rings. The minimum Gasteiger partial charge on any atom is -0.478 e. The average molecular weight is 436 g/mol. The molecule has 1 aliphatic heterocycles. The molecule has 0 spiro atoms. The number of benzene rings is 2. The zero-order valence-corrected chi connectivity index (χ0v) is 17.1. The summed E-state index contributed by atoms with van der Waals surface area (Å²) in [5.41, 5.74) is 2.61. The van der Waals surface area contributed by atoms with Crippen molar-refractivity contribution < 1.29 is 24.9 Å². The van der Waals surface area contributed by atoms with E-state index in [1.165, 1.54) is 20.9 Å². The number of hydrogen-bond acceptors (Lipinski definition) is 5. The lowest BCUT2D eigenvalue weighted by atomic mass is 9.99. The smallest absolute Gasteiger partial charge is 0.328 e. The van der Waals surface area contributed by atoms with Gasteiger partial charge in [0, 0.05) is 39.6 Å². The van der Waals surface area contributed by atoms with Crippen LogP contribution in [-0.2, 0) is 16.0 Å². The number of carboxylic acids is 2. The Morgan fingerprint density at radius 2 is 1.79 bits per heavy atom. The van der Waals surface area contributed by atoms with Crippen LogP contribution in [0.15, 0.2) is 64.4 Å². The van der Waals surface area contributed by atoms with Crippen LogP contribution in [0.25, 0.3) is 0 Å². The maximum Gasteiger partial charge on any atom is 0.328 e. The molecular weight excluding hydrogens is 414 g/mol. The highest BCUT2D eigenvalue weighted by molar-refractivity contribution is 7.99. The summed E-state index contributed by atoms with van der Waals surface area (Å²) in [6, 6.07) is 14.9. The molecule has 29 heavy (non-hydrogen) atoms. The maximum atomic E-state index is 9.55. The first-order valence-electron chi connectivity index (χ1n) is 8.94. The van der Waals surface area contributed by atoms with Gasteiger partial charge in [0.05, 0.1) is 0 Å². The second-order valence-electron chi connectivity index (χ2n) is 6.19. The first kappa shape index (κ1) is 23.0. The van der Waals surface area contributed by atoms with Gasteiger partial charge >= 0.3 is 11.9 Å². The zero-order valence-electron chi connectivity index (χ0n) is 15.5. The van der Waals surface area contributed by atoms with Crippen molar-refractivity contribution in [3.63, 3.8) is 0 Å². The molecule has 4 N–H and O–H groups in total. The number of aliphatic hydroxyl groups is 1.